The third kappa shape index (κ3) is 4.00. The first kappa shape index (κ1) is 15.3. The Hall–Kier alpha value is -0.560. The molecule has 3 nitrogen and oxygen atoms in total. The number of fused-ring (bicyclic) bond motifs is 1. The van der Waals surface area contributed by atoms with Crippen LogP contribution in [0.15, 0.2) is 32.5 Å². The van der Waals surface area contributed by atoms with Gasteiger partial charge in [0.15, 0.2) is 11.5 Å². The molecular weight excluding hydrogens is 418 g/mol. The van der Waals surface area contributed by atoms with Gasteiger partial charge >= 0.3 is 0 Å². The van der Waals surface area contributed by atoms with E-state index >= 15 is 0 Å². The predicted octanol–water partition coefficient (Wildman–Crippen LogP) is 4.72. The summed E-state index contributed by atoms with van der Waals surface area (Å²) in [6.45, 7) is 3.07. The molecule has 1 aromatic carbocycles. The molecule has 0 saturated heterocycles. The van der Waals surface area contributed by atoms with Gasteiger partial charge < -0.3 is 14.8 Å². The Kier molecular flexibility index (Phi) is 5.21. The molecule has 112 valence electrons. The summed E-state index contributed by atoms with van der Waals surface area (Å²) in [5.74, 6) is 1.65. The van der Waals surface area contributed by atoms with Gasteiger partial charge in [-0.05, 0) is 61.7 Å². The molecule has 0 unspecified atom stereocenters. The highest BCUT2D eigenvalue weighted by Crippen LogP contribution is 2.38. The van der Waals surface area contributed by atoms with Crippen molar-refractivity contribution in [2.45, 2.75) is 19.5 Å². The van der Waals surface area contributed by atoms with E-state index in [0.29, 0.717) is 13.2 Å². The molecule has 0 aliphatic carbocycles. The lowest BCUT2D eigenvalue weighted by Crippen LogP contribution is -2.12. The zero-order valence-electron chi connectivity index (χ0n) is 11.3. The first-order valence-electron chi connectivity index (χ1n) is 6.75. The van der Waals surface area contributed by atoms with Crippen molar-refractivity contribution < 1.29 is 9.47 Å². The van der Waals surface area contributed by atoms with Crippen molar-refractivity contribution in [3.63, 3.8) is 0 Å². The second-order valence-corrected chi connectivity index (χ2v) is 8.17. The van der Waals surface area contributed by atoms with Gasteiger partial charge in [-0.15, -0.1) is 11.3 Å². The van der Waals surface area contributed by atoms with Crippen LogP contribution in [0.3, 0.4) is 0 Å². The molecule has 0 spiro atoms. The van der Waals surface area contributed by atoms with Crippen LogP contribution in [-0.4, -0.2) is 13.2 Å². The van der Waals surface area contributed by atoms with Gasteiger partial charge in [-0.2, -0.15) is 0 Å². The maximum atomic E-state index is 5.75. The molecule has 0 radical (unpaired) electrons. The summed E-state index contributed by atoms with van der Waals surface area (Å²) in [4.78, 5) is 1.32. The lowest BCUT2D eigenvalue weighted by atomic mass is 10.2. The van der Waals surface area contributed by atoms with Crippen LogP contribution < -0.4 is 14.8 Å². The van der Waals surface area contributed by atoms with Crippen molar-refractivity contribution in [1.82, 2.24) is 5.32 Å². The van der Waals surface area contributed by atoms with Crippen LogP contribution in [-0.2, 0) is 13.1 Å². The highest BCUT2D eigenvalue weighted by Gasteiger charge is 2.15. The molecule has 3 rings (SSSR count). The quantitative estimate of drug-likeness (QED) is 0.757. The number of hydrogen-bond donors (Lipinski definition) is 1. The molecule has 1 N–H and O–H groups in total. The van der Waals surface area contributed by atoms with E-state index in [1.807, 2.05) is 0 Å². The first-order valence-corrected chi connectivity index (χ1v) is 9.15. The molecule has 0 amide bonds. The van der Waals surface area contributed by atoms with E-state index in [2.05, 4.69) is 61.4 Å². The van der Waals surface area contributed by atoms with E-state index in [1.165, 1.54) is 10.4 Å². The summed E-state index contributed by atoms with van der Waals surface area (Å²) in [6.07, 6.45) is 0.919. The number of thiophene rings is 1. The maximum Gasteiger partial charge on any atom is 0.175 e. The van der Waals surface area contributed by atoms with Crippen molar-refractivity contribution >= 4 is 43.2 Å². The molecule has 1 aliphatic rings. The van der Waals surface area contributed by atoms with Crippen molar-refractivity contribution in [1.29, 1.82) is 0 Å². The Balaban J connectivity index is 1.65. The second-order valence-electron chi connectivity index (χ2n) is 4.76. The summed E-state index contributed by atoms with van der Waals surface area (Å²) in [7, 11) is 0. The molecule has 2 aromatic rings. The molecule has 0 fully saturated rings. The summed E-state index contributed by atoms with van der Waals surface area (Å²) < 4.78 is 13.6. The second kappa shape index (κ2) is 7.13. The fourth-order valence-electron chi connectivity index (χ4n) is 2.16. The van der Waals surface area contributed by atoms with E-state index in [9.17, 15) is 0 Å². The van der Waals surface area contributed by atoms with Gasteiger partial charge in [0.25, 0.3) is 0 Å². The number of halogens is 2. The average molecular weight is 433 g/mol. The Bertz CT molecular complexity index is 630. The number of nitrogens with one attached hydrogen (secondary N) is 1. The van der Waals surface area contributed by atoms with Crippen LogP contribution in [0, 0.1) is 0 Å². The van der Waals surface area contributed by atoms with Crippen molar-refractivity contribution in [2.75, 3.05) is 13.2 Å². The zero-order chi connectivity index (χ0) is 14.7. The van der Waals surface area contributed by atoms with E-state index in [4.69, 9.17) is 9.47 Å². The Morgan fingerprint density at radius 2 is 1.95 bits per heavy atom. The van der Waals surface area contributed by atoms with Crippen molar-refractivity contribution in [3.8, 4) is 11.5 Å². The van der Waals surface area contributed by atoms with Gasteiger partial charge in [-0.3, -0.25) is 0 Å². The number of hydrogen-bond acceptors (Lipinski definition) is 4. The minimum absolute atomic E-state index is 0.705. The van der Waals surface area contributed by atoms with E-state index < -0.39 is 0 Å². The Labute approximate surface area is 144 Å². The maximum absolute atomic E-state index is 5.75. The van der Waals surface area contributed by atoms with E-state index in [0.717, 1.165) is 39.3 Å². The number of rotatable bonds is 4. The standard InChI is InChI=1S/C15H15Br2NO2S/c16-12-6-10(7-13-15(12)20-5-1-4-19-13)8-18-9-11-2-3-14(17)21-11/h2-3,6-7,18H,1,4-5,8-9H2. The molecule has 1 aromatic heterocycles. The number of ether oxygens (including phenoxy) is 2. The van der Waals surface area contributed by atoms with Crippen LogP contribution in [0.1, 0.15) is 16.9 Å². The normalized spacial score (nSPS) is 14.0. The third-order valence-electron chi connectivity index (χ3n) is 3.12. The summed E-state index contributed by atoms with van der Waals surface area (Å²) in [6, 6.07) is 8.35. The zero-order valence-corrected chi connectivity index (χ0v) is 15.3. The highest BCUT2D eigenvalue weighted by molar-refractivity contribution is 9.11. The van der Waals surface area contributed by atoms with Crippen LogP contribution in [0.2, 0.25) is 0 Å². The monoisotopic (exact) mass is 431 g/mol. The van der Waals surface area contributed by atoms with Gasteiger partial charge in [0.1, 0.15) is 0 Å². The summed E-state index contributed by atoms with van der Waals surface area (Å²) in [5, 5.41) is 3.45. The Morgan fingerprint density at radius 3 is 2.76 bits per heavy atom. The topological polar surface area (TPSA) is 30.5 Å². The molecule has 21 heavy (non-hydrogen) atoms. The highest BCUT2D eigenvalue weighted by atomic mass is 79.9. The molecule has 0 bridgehead atoms. The minimum atomic E-state index is 0.705. The lowest BCUT2D eigenvalue weighted by Gasteiger charge is -2.12. The lowest BCUT2D eigenvalue weighted by molar-refractivity contribution is 0.296. The van der Waals surface area contributed by atoms with Gasteiger partial charge in [-0.1, -0.05) is 0 Å². The fraction of sp³-hybridized carbons (Fsp3) is 0.333. The largest absolute Gasteiger partial charge is 0.490 e. The summed E-state index contributed by atoms with van der Waals surface area (Å²) in [5.41, 5.74) is 1.18. The smallest absolute Gasteiger partial charge is 0.175 e. The molecule has 0 saturated carbocycles. The predicted molar refractivity (Wildman–Crippen MR) is 92.3 cm³/mol. The minimum Gasteiger partial charge on any atom is -0.490 e. The molecule has 6 heteroatoms. The van der Waals surface area contributed by atoms with Crippen molar-refractivity contribution in [3.05, 3.63) is 43.0 Å². The van der Waals surface area contributed by atoms with Crippen LogP contribution in [0.4, 0.5) is 0 Å². The fourth-order valence-corrected chi connectivity index (χ4v) is 4.22. The molecule has 0 atom stereocenters. The van der Waals surface area contributed by atoms with E-state index in [-0.39, 0.29) is 0 Å². The van der Waals surface area contributed by atoms with Gasteiger partial charge in [-0.25, -0.2) is 0 Å². The van der Waals surface area contributed by atoms with Crippen LogP contribution in [0.5, 0.6) is 11.5 Å². The third-order valence-corrected chi connectivity index (χ3v) is 5.33. The van der Waals surface area contributed by atoms with Crippen LogP contribution in [0.25, 0.3) is 0 Å². The molecule has 1 aliphatic heterocycles. The first-order chi connectivity index (χ1) is 10.2. The van der Waals surface area contributed by atoms with Crippen molar-refractivity contribution in [2.24, 2.45) is 0 Å². The molecule has 2 heterocycles. The number of benzene rings is 1. The average Bonchev–Trinajstić information content (AvgIpc) is 2.73. The van der Waals surface area contributed by atoms with Crippen LogP contribution >= 0.6 is 43.2 Å². The van der Waals surface area contributed by atoms with Gasteiger partial charge in [0.2, 0.25) is 0 Å². The van der Waals surface area contributed by atoms with E-state index in [1.54, 1.807) is 11.3 Å². The van der Waals surface area contributed by atoms with Gasteiger partial charge in [0, 0.05) is 24.4 Å². The summed E-state index contributed by atoms with van der Waals surface area (Å²) >= 11 is 8.80. The SMILES string of the molecule is Brc1ccc(CNCc2cc(Br)c3c(c2)OCCCO3)s1. The Morgan fingerprint density at radius 1 is 1.10 bits per heavy atom. The van der Waals surface area contributed by atoms with Gasteiger partial charge in [0.05, 0.1) is 21.5 Å². The molecular formula is C15H15Br2NO2S.